The average Bonchev–Trinajstić information content (AvgIpc) is 2.30. The Bertz CT molecular complexity index is 458. The SMILES string of the molecule is Cc1cc(Cl)c(C(=O)NCC(C)CC(C)O)cc1C. The largest absolute Gasteiger partial charge is 0.393 e. The van der Waals surface area contributed by atoms with Crippen LogP contribution in [0.15, 0.2) is 12.1 Å². The van der Waals surface area contributed by atoms with Gasteiger partial charge in [-0.15, -0.1) is 0 Å². The zero-order valence-corrected chi connectivity index (χ0v) is 12.7. The summed E-state index contributed by atoms with van der Waals surface area (Å²) >= 11 is 6.10. The molecule has 0 aliphatic carbocycles. The van der Waals surface area contributed by atoms with Gasteiger partial charge in [0.2, 0.25) is 0 Å². The smallest absolute Gasteiger partial charge is 0.252 e. The van der Waals surface area contributed by atoms with E-state index in [0.717, 1.165) is 11.1 Å². The molecule has 0 bridgehead atoms. The Kier molecular flexibility index (Phi) is 5.83. The molecule has 0 aliphatic rings. The second-order valence-electron chi connectivity index (χ2n) is 5.32. The van der Waals surface area contributed by atoms with Gasteiger partial charge in [0, 0.05) is 6.54 Å². The minimum atomic E-state index is -0.350. The van der Waals surface area contributed by atoms with Crippen molar-refractivity contribution in [3.05, 3.63) is 33.8 Å². The number of aryl methyl sites for hydroxylation is 2. The Hall–Kier alpha value is -1.06. The highest BCUT2D eigenvalue weighted by molar-refractivity contribution is 6.33. The lowest BCUT2D eigenvalue weighted by atomic mass is 10.0. The lowest BCUT2D eigenvalue weighted by Gasteiger charge is -2.15. The highest BCUT2D eigenvalue weighted by Gasteiger charge is 2.13. The normalized spacial score (nSPS) is 14.0. The summed E-state index contributed by atoms with van der Waals surface area (Å²) in [5.74, 6) is 0.0693. The second kappa shape index (κ2) is 6.92. The number of carbonyl (C=O) groups excluding carboxylic acids is 1. The molecule has 0 aromatic heterocycles. The van der Waals surface area contributed by atoms with E-state index in [9.17, 15) is 9.90 Å². The molecule has 1 aromatic rings. The van der Waals surface area contributed by atoms with E-state index in [1.807, 2.05) is 32.9 Å². The van der Waals surface area contributed by atoms with Gasteiger partial charge < -0.3 is 10.4 Å². The Balaban J connectivity index is 2.66. The molecule has 0 saturated heterocycles. The Morgan fingerprint density at radius 2 is 1.89 bits per heavy atom. The monoisotopic (exact) mass is 283 g/mol. The van der Waals surface area contributed by atoms with Gasteiger partial charge in [-0.05, 0) is 56.4 Å². The highest BCUT2D eigenvalue weighted by atomic mass is 35.5. The Labute approximate surface area is 120 Å². The standard InChI is InChI=1S/C15H22ClNO2/c1-9(5-12(4)18)8-17-15(19)13-6-10(2)11(3)7-14(13)16/h6-7,9,12,18H,5,8H2,1-4H3,(H,17,19). The minimum Gasteiger partial charge on any atom is -0.393 e. The maximum atomic E-state index is 12.1. The number of aliphatic hydroxyl groups is 1. The summed E-state index contributed by atoms with van der Waals surface area (Å²) in [5, 5.41) is 12.6. The maximum Gasteiger partial charge on any atom is 0.252 e. The topological polar surface area (TPSA) is 49.3 Å². The van der Waals surface area contributed by atoms with Gasteiger partial charge in [0.25, 0.3) is 5.91 Å². The molecule has 0 fully saturated rings. The summed E-state index contributed by atoms with van der Waals surface area (Å²) in [6, 6.07) is 3.62. The van der Waals surface area contributed by atoms with Crippen molar-refractivity contribution in [1.82, 2.24) is 5.32 Å². The molecule has 2 unspecified atom stereocenters. The average molecular weight is 284 g/mol. The zero-order chi connectivity index (χ0) is 14.6. The van der Waals surface area contributed by atoms with Crippen molar-refractivity contribution in [3.63, 3.8) is 0 Å². The summed E-state index contributed by atoms with van der Waals surface area (Å²) in [4.78, 5) is 12.1. The summed E-state index contributed by atoms with van der Waals surface area (Å²) in [6.07, 6.45) is 0.318. The predicted molar refractivity (Wildman–Crippen MR) is 78.7 cm³/mol. The third-order valence-electron chi connectivity index (χ3n) is 3.18. The molecule has 0 radical (unpaired) electrons. The van der Waals surface area contributed by atoms with Crippen LogP contribution in [0.2, 0.25) is 5.02 Å². The van der Waals surface area contributed by atoms with E-state index in [2.05, 4.69) is 5.32 Å². The Morgan fingerprint density at radius 1 is 1.32 bits per heavy atom. The summed E-state index contributed by atoms with van der Waals surface area (Å²) < 4.78 is 0. The van der Waals surface area contributed by atoms with E-state index in [0.29, 0.717) is 23.6 Å². The molecule has 1 amide bonds. The molecule has 2 N–H and O–H groups in total. The second-order valence-corrected chi connectivity index (χ2v) is 5.72. The van der Waals surface area contributed by atoms with Crippen LogP contribution in [0.3, 0.4) is 0 Å². The third-order valence-corrected chi connectivity index (χ3v) is 3.50. The first-order valence-corrected chi connectivity index (χ1v) is 6.92. The number of nitrogens with one attached hydrogen (secondary N) is 1. The molecule has 106 valence electrons. The molecule has 0 saturated carbocycles. The molecular weight excluding hydrogens is 262 g/mol. The van der Waals surface area contributed by atoms with E-state index in [1.165, 1.54) is 0 Å². The van der Waals surface area contributed by atoms with Gasteiger partial charge in [-0.25, -0.2) is 0 Å². The van der Waals surface area contributed by atoms with Crippen LogP contribution in [0.5, 0.6) is 0 Å². The van der Waals surface area contributed by atoms with E-state index >= 15 is 0 Å². The quantitative estimate of drug-likeness (QED) is 0.872. The summed E-state index contributed by atoms with van der Waals surface area (Å²) in [6.45, 7) is 8.20. The van der Waals surface area contributed by atoms with Gasteiger partial charge >= 0.3 is 0 Å². The molecule has 0 aliphatic heterocycles. The number of halogens is 1. The van der Waals surface area contributed by atoms with Crippen molar-refractivity contribution in [2.24, 2.45) is 5.92 Å². The van der Waals surface area contributed by atoms with Crippen molar-refractivity contribution in [1.29, 1.82) is 0 Å². The zero-order valence-electron chi connectivity index (χ0n) is 12.0. The van der Waals surface area contributed by atoms with E-state index < -0.39 is 0 Å². The molecule has 2 atom stereocenters. The van der Waals surface area contributed by atoms with Crippen molar-refractivity contribution >= 4 is 17.5 Å². The van der Waals surface area contributed by atoms with Gasteiger partial charge in [0.05, 0.1) is 16.7 Å². The molecule has 1 aromatic carbocycles. The van der Waals surface area contributed by atoms with Crippen LogP contribution in [0.4, 0.5) is 0 Å². The molecule has 3 nitrogen and oxygen atoms in total. The van der Waals surface area contributed by atoms with Gasteiger partial charge in [-0.3, -0.25) is 4.79 Å². The summed E-state index contributed by atoms with van der Waals surface area (Å²) in [5.41, 5.74) is 2.63. The first kappa shape index (κ1) is 16.0. The Morgan fingerprint density at radius 3 is 2.47 bits per heavy atom. The van der Waals surface area contributed by atoms with Crippen LogP contribution < -0.4 is 5.32 Å². The van der Waals surface area contributed by atoms with Crippen molar-refractivity contribution in [2.45, 2.75) is 40.2 Å². The van der Waals surface area contributed by atoms with Crippen molar-refractivity contribution in [3.8, 4) is 0 Å². The first-order valence-electron chi connectivity index (χ1n) is 6.54. The fourth-order valence-electron chi connectivity index (χ4n) is 1.98. The van der Waals surface area contributed by atoms with Crippen molar-refractivity contribution in [2.75, 3.05) is 6.54 Å². The number of aliphatic hydroxyl groups excluding tert-OH is 1. The van der Waals surface area contributed by atoms with Crippen LogP contribution in [0.25, 0.3) is 0 Å². The van der Waals surface area contributed by atoms with Crippen molar-refractivity contribution < 1.29 is 9.90 Å². The fourth-order valence-corrected chi connectivity index (χ4v) is 2.29. The minimum absolute atomic E-state index is 0.162. The lowest BCUT2D eigenvalue weighted by molar-refractivity contribution is 0.0939. The van der Waals surface area contributed by atoms with Crippen LogP contribution in [0, 0.1) is 19.8 Å². The summed E-state index contributed by atoms with van der Waals surface area (Å²) in [7, 11) is 0. The van der Waals surface area contributed by atoms with Gasteiger partial charge in [-0.2, -0.15) is 0 Å². The maximum absolute atomic E-state index is 12.1. The van der Waals surface area contributed by atoms with Gasteiger partial charge in [0.1, 0.15) is 0 Å². The molecule has 0 spiro atoms. The fraction of sp³-hybridized carbons (Fsp3) is 0.533. The highest BCUT2D eigenvalue weighted by Crippen LogP contribution is 2.20. The van der Waals surface area contributed by atoms with E-state index in [-0.39, 0.29) is 17.9 Å². The number of hydrogen-bond donors (Lipinski definition) is 2. The first-order chi connectivity index (χ1) is 8.81. The third kappa shape index (κ3) is 4.84. The molecular formula is C15H22ClNO2. The van der Waals surface area contributed by atoms with Gasteiger partial charge in [0.15, 0.2) is 0 Å². The van der Waals surface area contributed by atoms with E-state index in [1.54, 1.807) is 6.92 Å². The number of hydrogen-bond acceptors (Lipinski definition) is 2. The van der Waals surface area contributed by atoms with Crippen LogP contribution in [-0.4, -0.2) is 23.7 Å². The van der Waals surface area contributed by atoms with Crippen LogP contribution in [-0.2, 0) is 0 Å². The van der Waals surface area contributed by atoms with Crippen LogP contribution in [0.1, 0.15) is 41.8 Å². The number of amides is 1. The molecule has 19 heavy (non-hydrogen) atoms. The molecule has 0 heterocycles. The van der Waals surface area contributed by atoms with Gasteiger partial charge in [-0.1, -0.05) is 18.5 Å². The number of rotatable bonds is 5. The number of carbonyl (C=O) groups is 1. The van der Waals surface area contributed by atoms with Crippen LogP contribution >= 0.6 is 11.6 Å². The lowest BCUT2D eigenvalue weighted by Crippen LogP contribution is -2.29. The molecule has 1 rings (SSSR count). The van der Waals surface area contributed by atoms with E-state index in [4.69, 9.17) is 11.6 Å². The predicted octanol–water partition coefficient (Wildman–Crippen LogP) is 3.09. The molecule has 4 heteroatoms. The number of benzene rings is 1.